The van der Waals surface area contributed by atoms with Crippen LogP contribution in [0.15, 0.2) is 0 Å². The van der Waals surface area contributed by atoms with Gasteiger partial charge in [-0.05, 0) is 51.4 Å². The molecule has 0 spiro atoms. The van der Waals surface area contributed by atoms with Crippen molar-refractivity contribution in [2.75, 3.05) is 0 Å². The third kappa shape index (κ3) is 6.26. The van der Waals surface area contributed by atoms with Gasteiger partial charge in [-0.2, -0.15) is 0 Å². The number of nitrogens with one attached hydrogen (secondary N) is 2. The molecule has 0 aromatic rings. The van der Waals surface area contributed by atoms with Gasteiger partial charge in [0.1, 0.15) is 0 Å². The fraction of sp³-hybridized carbons (Fsp3) is 0.867. The summed E-state index contributed by atoms with van der Waals surface area (Å²) in [6.45, 7) is 8.22. The smallest absolute Gasteiger partial charge is 0.315 e. The van der Waals surface area contributed by atoms with Crippen LogP contribution in [0.3, 0.4) is 0 Å². The molecule has 116 valence electrons. The van der Waals surface area contributed by atoms with E-state index in [2.05, 4.69) is 24.5 Å². The first-order valence-electron chi connectivity index (χ1n) is 7.40. The van der Waals surface area contributed by atoms with Crippen molar-refractivity contribution in [1.82, 2.24) is 10.6 Å². The molecule has 0 heterocycles. The molecule has 0 unspecified atom stereocenters. The Labute approximate surface area is 121 Å². The average molecular weight is 284 g/mol. The molecule has 0 aliphatic heterocycles. The number of carboxylic acid groups (broad SMARTS) is 1. The lowest BCUT2D eigenvalue weighted by molar-refractivity contribution is -0.137. The molecule has 2 amide bonds. The van der Waals surface area contributed by atoms with Gasteiger partial charge in [0.2, 0.25) is 0 Å². The molecule has 1 saturated carbocycles. The fourth-order valence-corrected chi connectivity index (χ4v) is 2.55. The molecule has 1 aliphatic carbocycles. The molecule has 0 aromatic carbocycles. The van der Waals surface area contributed by atoms with E-state index in [4.69, 9.17) is 5.11 Å². The SMILES string of the molecule is CC1(C)CCC(NC(=O)NC(C)(C)CCC(=O)O)CC1. The molecule has 0 saturated heterocycles. The van der Waals surface area contributed by atoms with Crippen molar-refractivity contribution in [2.45, 2.75) is 77.8 Å². The van der Waals surface area contributed by atoms with Gasteiger partial charge in [-0.1, -0.05) is 13.8 Å². The normalized spacial score (nSPS) is 19.4. The summed E-state index contributed by atoms with van der Waals surface area (Å²) in [7, 11) is 0. The number of carbonyl (C=O) groups excluding carboxylic acids is 1. The molecule has 5 heteroatoms. The summed E-state index contributed by atoms with van der Waals surface area (Å²) in [4.78, 5) is 22.5. The molecule has 1 fully saturated rings. The molecular formula is C15H28N2O3. The Bertz CT molecular complexity index is 354. The Hall–Kier alpha value is -1.26. The first-order chi connectivity index (χ1) is 9.10. The highest BCUT2D eigenvalue weighted by Crippen LogP contribution is 2.34. The Morgan fingerprint density at radius 2 is 1.80 bits per heavy atom. The van der Waals surface area contributed by atoms with E-state index >= 15 is 0 Å². The molecule has 1 rings (SSSR count). The predicted molar refractivity (Wildman–Crippen MR) is 78.7 cm³/mol. The summed E-state index contributed by atoms with van der Waals surface area (Å²) < 4.78 is 0. The van der Waals surface area contributed by atoms with Crippen LogP contribution in [-0.4, -0.2) is 28.7 Å². The van der Waals surface area contributed by atoms with Crippen molar-refractivity contribution >= 4 is 12.0 Å². The third-order valence-corrected chi connectivity index (χ3v) is 4.09. The van der Waals surface area contributed by atoms with Gasteiger partial charge in [0.05, 0.1) is 0 Å². The molecule has 3 N–H and O–H groups in total. The number of hydrogen-bond acceptors (Lipinski definition) is 2. The van der Waals surface area contributed by atoms with Crippen LogP contribution < -0.4 is 10.6 Å². The summed E-state index contributed by atoms with van der Waals surface area (Å²) >= 11 is 0. The zero-order valence-electron chi connectivity index (χ0n) is 13.1. The Morgan fingerprint density at radius 3 is 2.30 bits per heavy atom. The van der Waals surface area contributed by atoms with Crippen LogP contribution in [-0.2, 0) is 4.79 Å². The van der Waals surface area contributed by atoms with Crippen LogP contribution in [0.4, 0.5) is 4.79 Å². The second kappa shape index (κ2) is 6.46. The van der Waals surface area contributed by atoms with Gasteiger partial charge in [0.15, 0.2) is 0 Å². The maximum Gasteiger partial charge on any atom is 0.315 e. The Kier molecular flexibility index (Phi) is 5.42. The molecule has 5 nitrogen and oxygen atoms in total. The second-order valence-electron chi connectivity index (χ2n) is 7.31. The van der Waals surface area contributed by atoms with E-state index in [0.29, 0.717) is 11.8 Å². The highest BCUT2D eigenvalue weighted by Gasteiger charge is 2.28. The summed E-state index contributed by atoms with van der Waals surface area (Å²) in [5.41, 5.74) is -0.119. The summed E-state index contributed by atoms with van der Waals surface area (Å²) in [5.74, 6) is -0.838. The third-order valence-electron chi connectivity index (χ3n) is 4.09. The number of carbonyl (C=O) groups is 2. The molecule has 0 aromatic heterocycles. The average Bonchev–Trinajstić information content (AvgIpc) is 2.29. The van der Waals surface area contributed by atoms with Crippen molar-refractivity contribution in [3.05, 3.63) is 0 Å². The predicted octanol–water partition coefficient (Wildman–Crippen LogP) is 2.90. The largest absolute Gasteiger partial charge is 0.481 e. The van der Waals surface area contributed by atoms with E-state index in [1.54, 1.807) is 0 Å². The Morgan fingerprint density at radius 1 is 1.25 bits per heavy atom. The minimum Gasteiger partial charge on any atom is -0.481 e. The van der Waals surface area contributed by atoms with E-state index in [9.17, 15) is 9.59 Å². The van der Waals surface area contributed by atoms with Gasteiger partial charge in [0, 0.05) is 18.0 Å². The molecule has 20 heavy (non-hydrogen) atoms. The van der Waals surface area contributed by atoms with Gasteiger partial charge in [-0.3, -0.25) is 4.79 Å². The van der Waals surface area contributed by atoms with Crippen LogP contribution in [0.2, 0.25) is 0 Å². The van der Waals surface area contributed by atoms with Crippen LogP contribution in [0.25, 0.3) is 0 Å². The van der Waals surface area contributed by atoms with Crippen molar-refractivity contribution < 1.29 is 14.7 Å². The van der Waals surface area contributed by atoms with Crippen LogP contribution >= 0.6 is 0 Å². The number of urea groups is 1. The highest BCUT2D eigenvalue weighted by molar-refractivity contribution is 5.75. The van der Waals surface area contributed by atoms with Crippen LogP contribution in [0.5, 0.6) is 0 Å². The van der Waals surface area contributed by atoms with Crippen LogP contribution in [0.1, 0.15) is 66.2 Å². The van der Waals surface area contributed by atoms with E-state index in [1.165, 1.54) is 0 Å². The summed E-state index contributed by atoms with van der Waals surface area (Å²) in [6, 6.07) is 0.0448. The standard InChI is InChI=1S/C15H28N2O3/c1-14(2)8-5-11(6-9-14)16-13(20)17-15(3,4)10-7-12(18)19/h11H,5-10H2,1-4H3,(H,18,19)(H2,16,17,20). The van der Waals surface area contributed by atoms with E-state index < -0.39 is 11.5 Å². The van der Waals surface area contributed by atoms with Gasteiger partial charge in [0.25, 0.3) is 0 Å². The molecule has 0 radical (unpaired) electrons. The van der Waals surface area contributed by atoms with Crippen molar-refractivity contribution in [2.24, 2.45) is 5.41 Å². The van der Waals surface area contributed by atoms with E-state index in [1.807, 2.05) is 13.8 Å². The quantitative estimate of drug-likeness (QED) is 0.726. The number of carboxylic acids is 1. The lowest BCUT2D eigenvalue weighted by Gasteiger charge is -2.35. The summed E-state index contributed by atoms with van der Waals surface area (Å²) in [6.07, 6.45) is 4.75. The second-order valence-corrected chi connectivity index (χ2v) is 7.31. The maximum atomic E-state index is 12.0. The first-order valence-corrected chi connectivity index (χ1v) is 7.40. The minimum absolute atomic E-state index is 0.0604. The Balaban J connectivity index is 2.34. The highest BCUT2D eigenvalue weighted by atomic mass is 16.4. The van der Waals surface area contributed by atoms with Crippen molar-refractivity contribution in [3.63, 3.8) is 0 Å². The first kappa shape index (κ1) is 16.8. The van der Waals surface area contributed by atoms with Crippen molar-refractivity contribution in [1.29, 1.82) is 0 Å². The van der Waals surface area contributed by atoms with E-state index in [0.717, 1.165) is 25.7 Å². The monoisotopic (exact) mass is 284 g/mol. The van der Waals surface area contributed by atoms with Gasteiger partial charge < -0.3 is 15.7 Å². The number of aliphatic carboxylic acids is 1. The number of hydrogen-bond donors (Lipinski definition) is 3. The van der Waals surface area contributed by atoms with E-state index in [-0.39, 0.29) is 18.5 Å². The minimum atomic E-state index is -0.838. The van der Waals surface area contributed by atoms with Crippen LogP contribution in [0, 0.1) is 5.41 Å². The zero-order valence-corrected chi connectivity index (χ0v) is 13.1. The molecular weight excluding hydrogens is 256 g/mol. The fourth-order valence-electron chi connectivity index (χ4n) is 2.55. The van der Waals surface area contributed by atoms with Gasteiger partial charge >= 0.3 is 12.0 Å². The maximum absolute atomic E-state index is 12.0. The van der Waals surface area contributed by atoms with Gasteiger partial charge in [-0.15, -0.1) is 0 Å². The zero-order chi connectivity index (χ0) is 15.4. The lowest BCUT2D eigenvalue weighted by Crippen LogP contribution is -2.52. The molecule has 1 aliphatic rings. The number of rotatable bonds is 5. The van der Waals surface area contributed by atoms with Gasteiger partial charge in [-0.25, -0.2) is 4.79 Å². The van der Waals surface area contributed by atoms with Crippen molar-refractivity contribution in [3.8, 4) is 0 Å². The summed E-state index contributed by atoms with van der Waals surface area (Å²) in [5, 5.41) is 14.6. The lowest BCUT2D eigenvalue weighted by atomic mass is 9.75. The number of amides is 2. The topological polar surface area (TPSA) is 78.4 Å². The molecule has 0 bridgehead atoms. The molecule has 0 atom stereocenters.